The lowest BCUT2D eigenvalue weighted by atomic mass is 9.89. The number of ether oxygens (including phenoxy) is 1. The summed E-state index contributed by atoms with van der Waals surface area (Å²) < 4.78 is 5.63. The van der Waals surface area contributed by atoms with Gasteiger partial charge < -0.3 is 4.74 Å². The summed E-state index contributed by atoms with van der Waals surface area (Å²) in [6, 6.07) is 5.78. The van der Waals surface area contributed by atoms with Crippen LogP contribution in [0.1, 0.15) is 58.4 Å². The minimum Gasteiger partial charge on any atom is -0.443 e. The molecule has 0 bridgehead atoms. The van der Waals surface area contributed by atoms with Crippen molar-refractivity contribution in [3.63, 3.8) is 0 Å². The summed E-state index contributed by atoms with van der Waals surface area (Å²) in [5, 5.41) is 1.36. The monoisotopic (exact) mass is 415 g/mol. The first kappa shape index (κ1) is 19.6. The smallest absolute Gasteiger partial charge is 0.414 e. The Labute approximate surface area is 158 Å². The SMILES string of the molecule is CC(C)(C)OC(=O)N(CC1CCCCC1)c1ccc(CBr)c(Cl)c1. The van der Waals surface area contributed by atoms with Gasteiger partial charge in [0.05, 0.1) is 0 Å². The number of hydrogen-bond donors (Lipinski definition) is 0. The van der Waals surface area contributed by atoms with E-state index in [4.69, 9.17) is 16.3 Å². The fourth-order valence-corrected chi connectivity index (χ4v) is 3.93. The molecule has 0 aliphatic heterocycles. The lowest BCUT2D eigenvalue weighted by Crippen LogP contribution is -2.40. The zero-order valence-electron chi connectivity index (χ0n) is 14.8. The quantitative estimate of drug-likeness (QED) is 0.520. The van der Waals surface area contributed by atoms with Crippen LogP contribution in [0.25, 0.3) is 0 Å². The van der Waals surface area contributed by atoms with Crippen molar-refractivity contribution < 1.29 is 9.53 Å². The molecular weight excluding hydrogens is 390 g/mol. The van der Waals surface area contributed by atoms with Gasteiger partial charge in [0.1, 0.15) is 5.60 Å². The highest BCUT2D eigenvalue weighted by Gasteiger charge is 2.27. The van der Waals surface area contributed by atoms with Crippen LogP contribution in [0.3, 0.4) is 0 Å². The molecule has 5 heteroatoms. The normalized spacial score (nSPS) is 16.0. The topological polar surface area (TPSA) is 29.5 Å². The zero-order valence-corrected chi connectivity index (χ0v) is 17.1. The molecule has 0 spiro atoms. The molecule has 1 aromatic rings. The molecule has 1 aliphatic rings. The zero-order chi connectivity index (χ0) is 17.7. The number of hydrogen-bond acceptors (Lipinski definition) is 2. The summed E-state index contributed by atoms with van der Waals surface area (Å²) in [4.78, 5) is 14.5. The lowest BCUT2D eigenvalue weighted by Gasteiger charge is -2.32. The van der Waals surface area contributed by atoms with E-state index in [1.807, 2.05) is 39.0 Å². The average Bonchev–Trinajstić information content (AvgIpc) is 2.52. The summed E-state index contributed by atoms with van der Waals surface area (Å²) >= 11 is 9.77. The van der Waals surface area contributed by atoms with Crippen LogP contribution in [0, 0.1) is 5.92 Å². The third kappa shape index (κ3) is 5.66. The molecule has 0 aromatic heterocycles. The van der Waals surface area contributed by atoms with E-state index in [9.17, 15) is 4.79 Å². The summed E-state index contributed by atoms with van der Waals surface area (Å²) in [5.41, 5.74) is 1.31. The Morgan fingerprint density at radius 3 is 2.50 bits per heavy atom. The van der Waals surface area contributed by atoms with Crippen molar-refractivity contribution in [1.82, 2.24) is 0 Å². The first-order chi connectivity index (χ1) is 11.3. The molecule has 134 valence electrons. The van der Waals surface area contributed by atoms with Crippen LogP contribution in [0.2, 0.25) is 5.02 Å². The highest BCUT2D eigenvalue weighted by molar-refractivity contribution is 9.08. The van der Waals surface area contributed by atoms with Crippen LogP contribution in [-0.2, 0) is 10.1 Å². The largest absolute Gasteiger partial charge is 0.443 e. The Morgan fingerprint density at radius 2 is 1.96 bits per heavy atom. The van der Waals surface area contributed by atoms with Crippen molar-refractivity contribution in [2.75, 3.05) is 11.4 Å². The summed E-state index contributed by atoms with van der Waals surface area (Å²) in [6.45, 7) is 6.37. The van der Waals surface area contributed by atoms with Crippen LogP contribution < -0.4 is 4.90 Å². The standard InChI is InChI=1S/C19H27BrClNO2/c1-19(2,3)24-18(23)22(13-14-7-5-4-6-8-14)16-10-9-15(12-20)17(21)11-16/h9-11,14H,4-8,12-13H2,1-3H3. The van der Waals surface area contributed by atoms with E-state index >= 15 is 0 Å². The fraction of sp³-hybridized carbons (Fsp3) is 0.632. The van der Waals surface area contributed by atoms with Gasteiger partial charge in [0.2, 0.25) is 0 Å². The highest BCUT2D eigenvalue weighted by Crippen LogP contribution is 2.30. The van der Waals surface area contributed by atoms with Crippen molar-refractivity contribution in [2.24, 2.45) is 5.92 Å². The number of halogens is 2. The Hall–Kier alpha value is -0.740. The molecule has 1 aliphatic carbocycles. The fourth-order valence-electron chi connectivity index (χ4n) is 3.04. The second-order valence-corrected chi connectivity index (χ2v) is 8.47. The maximum absolute atomic E-state index is 12.8. The minimum atomic E-state index is -0.512. The Kier molecular flexibility index (Phi) is 6.99. The maximum Gasteiger partial charge on any atom is 0.414 e. The molecular formula is C19H27BrClNO2. The molecule has 0 atom stereocenters. The molecule has 0 unspecified atom stereocenters. The van der Waals surface area contributed by atoms with E-state index in [-0.39, 0.29) is 6.09 Å². The van der Waals surface area contributed by atoms with Gasteiger partial charge in [-0.2, -0.15) is 0 Å². The van der Waals surface area contributed by atoms with Gasteiger partial charge in [0.25, 0.3) is 0 Å². The van der Waals surface area contributed by atoms with Crippen molar-refractivity contribution in [2.45, 2.75) is 63.8 Å². The molecule has 0 heterocycles. The lowest BCUT2D eigenvalue weighted by molar-refractivity contribution is 0.0572. The van der Waals surface area contributed by atoms with Gasteiger partial charge in [0.15, 0.2) is 0 Å². The molecule has 1 fully saturated rings. The molecule has 24 heavy (non-hydrogen) atoms. The molecule has 0 N–H and O–H groups in total. The molecule has 0 radical (unpaired) electrons. The summed E-state index contributed by atoms with van der Waals surface area (Å²) in [5.74, 6) is 0.529. The van der Waals surface area contributed by atoms with Gasteiger partial charge >= 0.3 is 6.09 Å². The van der Waals surface area contributed by atoms with Crippen molar-refractivity contribution in [3.8, 4) is 0 Å². The van der Waals surface area contributed by atoms with Gasteiger partial charge in [-0.3, -0.25) is 4.90 Å². The molecule has 3 nitrogen and oxygen atoms in total. The number of alkyl halides is 1. The Balaban J connectivity index is 2.23. The average molecular weight is 417 g/mol. The third-order valence-corrected chi connectivity index (χ3v) is 5.23. The number of nitrogens with zero attached hydrogens (tertiary/aromatic N) is 1. The molecule has 1 saturated carbocycles. The molecule has 2 rings (SSSR count). The van der Waals surface area contributed by atoms with Crippen molar-refractivity contribution >= 4 is 39.3 Å². The third-order valence-electron chi connectivity index (χ3n) is 4.27. The maximum atomic E-state index is 12.8. The van der Waals surface area contributed by atoms with E-state index in [1.165, 1.54) is 32.1 Å². The van der Waals surface area contributed by atoms with Crippen LogP contribution in [0.4, 0.5) is 10.5 Å². The van der Waals surface area contributed by atoms with E-state index in [0.717, 1.165) is 11.3 Å². The second-order valence-electron chi connectivity index (χ2n) is 7.50. The van der Waals surface area contributed by atoms with Gasteiger partial charge in [-0.1, -0.05) is 52.9 Å². The summed E-state index contributed by atoms with van der Waals surface area (Å²) in [7, 11) is 0. The van der Waals surface area contributed by atoms with Crippen LogP contribution in [-0.4, -0.2) is 18.2 Å². The number of anilines is 1. The second kappa shape index (κ2) is 8.57. The van der Waals surface area contributed by atoms with Crippen LogP contribution in [0.15, 0.2) is 18.2 Å². The van der Waals surface area contributed by atoms with E-state index in [2.05, 4.69) is 15.9 Å². The highest BCUT2D eigenvalue weighted by atomic mass is 79.9. The van der Waals surface area contributed by atoms with Gasteiger partial charge in [0, 0.05) is 22.6 Å². The Morgan fingerprint density at radius 1 is 1.29 bits per heavy atom. The summed E-state index contributed by atoms with van der Waals surface area (Å²) in [6.07, 6.45) is 5.84. The predicted octanol–water partition coefficient (Wildman–Crippen LogP) is 6.56. The van der Waals surface area contributed by atoms with E-state index in [0.29, 0.717) is 22.8 Å². The van der Waals surface area contributed by atoms with Crippen LogP contribution >= 0.6 is 27.5 Å². The van der Waals surface area contributed by atoms with Gasteiger partial charge in [-0.15, -0.1) is 0 Å². The van der Waals surface area contributed by atoms with Crippen LogP contribution in [0.5, 0.6) is 0 Å². The van der Waals surface area contributed by atoms with Gasteiger partial charge in [-0.25, -0.2) is 4.79 Å². The number of carbonyl (C=O) groups excluding carboxylic acids is 1. The van der Waals surface area contributed by atoms with E-state index < -0.39 is 5.60 Å². The van der Waals surface area contributed by atoms with E-state index in [1.54, 1.807) is 4.90 Å². The number of rotatable bonds is 4. The first-order valence-corrected chi connectivity index (χ1v) is 10.1. The predicted molar refractivity (Wildman–Crippen MR) is 104 cm³/mol. The molecule has 1 amide bonds. The van der Waals surface area contributed by atoms with Crippen molar-refractivity contribution in [3.05, 3.63) is 28.8 Å². The number of amides is 1. The first-order valence-electron chi connectivity index (χ1n) is 8.65. The number of carbonyl (C=O) groups is 1. The number of benzene rings is 1. The van der Waals surface area contributed by atoms with Gasteiger partial charge in [-0.05, 0) is 57.2 Å². The molecule has 1 aromatic carbocycles. The van der Waals surface area contributed by atoms with Crippen molar-refractivity contribution in [1.29, 1.82) is 0 Å². The minimum absolute atomic E-state index is 0.296. The Bertz CT molecular complexity index is 565. The molecule has 0 saturated heterocycles.